The monoisotopic (exact) mass is 1030 g/mol. The number of benzene rings is 3. The fourth-order valence-electron chi connectivity index (χ4n) is 9.24. The van der Waals surface area contributed by atoms with Gasteiger partial charge in [0, 0.05) is 67.2 Å². The van der Waals surface area contributed by atoms with Gasteiger partial charge in [0.2, 0.25) is 27.7 Å². The normalized spacial score (nSPS) is 17.7. The first kappa shape index (κ1) is 52.2. The molecule has 7 rings (SSSR count). The zero-order valence-corrected chi connectivity index (χ0v) is 41.4. The molecular formula is C49H54ClN7O12S2. The number of carboxylic acids is 2. The van der Waals surface area contributed by atoms with Gasteiger partial charge in [0.05, 0.1) is 28.9 Å². The van der Waals surface area contributed by atoms with E-state index in [0.717, 1.165) is 11.3 Å². The molecule has 2 saturated heterocycles. The van der Waals surface area contributed by atoms with Crippen LogP contribution in [0.1, 0.15) is 83.5 Å². The first-order valence-electron chi connectivity index (χ1n) is 22.9. The van der Waals surface area contributed by atoms with Crippen LogP contribution in [0.25, 0.3) is 10.4 Å². The summed E-state index contributed by atoms with van der Waals surface area (Å²) in [6, 6.07) is 18.0. The highest BCUT2D eigenvalue weighted by atomic mass is 35.5. The van der Waals surface area contributed by atoms with Crippen LogP contribution in [0.15, 0.2) is 71.7 Å². The SMILES string of the molecule is CC1(C)CC(/C=N/c2cccc(-c3sc(C(=O)O)c(OCC(=O)O)c3Cl)c2)CCN1S(=O)(=O)Cc1cccc(NC(=O)C2CCN(C(=O)CNc3ccc4c(c3)CN(C(C=O)CCC(N)=O)C4=O)CC2)c1. The summed E-state index contributed by atoms with van der Waals surface area (Å²) in [5.41, 5.74) is 8.32. The molecule has 2 unspecified atom stereocenters. The second kappa shape index (κ2) is 22.2. The average Bonchev–Trinajstić information content (AvgIpc) is 3.84. The molecule has 0 bridgehead atoms. The summed E-state index contributed by atoms with van der Waals surface area (Å²) in [7, 11) is -3.81. The topological polar surface area (TPSA) is 275 Å². The maximum Gasteiger partial charge on any atom is 0.349 e. The number of rotatable bonds is 20. The minimum absolute atomic E-state index is 0.0101. The van der Waals surface area contributed by atoms with Gasteiger partial charge in [-0.3, -0.25) is 24.2 Å². The third kappa shape index (κ3) is 12.6. The van der Waals surface area contributed by atoms with Crippen LogP contribution in [0.5, 0.6) is 5.75 Å². The molecule has 3 aliphatic rings. The number of aromatic carboxylic acids is 1. The molecule has 3 aromatic carbocycles. The summed E-state index contributed by atoms with van der Waals surface area (Å²) in [5.74, 6) is -4.77. The van der Waals surface area contributed by atoms with Crippen LogP contribution in [0, 0.1) is 11.8 Å². The lowest BCUT2D eigenvalue weighted by molar-refractivity contribution is -0.139. The number of aliphatic imine (C=N–C) groups is 1. The number of fused-ring (bicyclic) bond motifs is 1. The van der Waals surface area contributed by atoms with Gasteiger partial charge < -0.3 is 45.9 Å². The van der Waals surface area contributed by atoms with Crippen LogP contribution in [-0.4, -0.2) is 125 Å². The molecule has 6 N–H and O–H groups in total. The van der Waals surface area contributed by atoms with Crippen LogP contribution >= 0.6 is 22.9 Å². The van der Waals surface area contributed by atoms with Gasteiger partial charge in [-0.2, -0.15) is 4.31 Å². The first-order chi connectivity index (χ1) is 33.7. The van der Waals surface area contributed by atoms with Crippen molar-refractivity contribution >= 4 is 98.1 Å². The number of ether oxygens (including phenoxy) is 1. The van der Waals surface area contributed by atoms with E-state index in [1.54, 1.807) is 77.8 Å². The summed E-state index contributed by atoms with van der Waals surface area (Å²) in [6.07, 6.45) is 4.41. The second-order valence-electron chi connectivity index (χ2n) is 18.3. The lowest BCUT2D eigenvalue weighted by atomic mass is 9.85. The zero-order chi connectivity index (χ0) is 51.2. The Morgan fingerprint density at radius 3 is 2.44 bits per heavy atom. The van der Waals surface area contributed by atoms with E-state index in [0.29, 0.717) is 89.3 Å². The van der Waals surface area contributed by atoms with E-state index in [1.807, 2.05) is 13.8 Å². The second-order valence-corrected chi connectivity index (χ2v) is 21.6. The average molecular weight is 1030 g/mol. The van der Waals surface area contributed by atoms with E-state index < -0.39 is 46.1 Å². The summed E-state index contributed by atoms with van der Waals surface area (Å²) >= 11 is 7.34. The molecule has 2 fully saturated rings. The van der Waals surface area contributed by atoms with Crippen molar-refractivity contribution in [2.45, 2.75) is 76.3 Å². The smallest absolute Gasteiger partial charge is 0.349 e. The number of hydrogen-bond acceptors (Lipinski definition) is 13. The number of nitrogens with zero attached hydrogens (tertiary/aromatic N) is 4. The number of hydrogen-bond donors (Lipinski definition) is 5. The number of carbonyl (C=O) groups excluding carboxylic acids is 5. The van der Waals surface area contributed by atoms with Crippen molar-refractivity contribution in [2.24, 2.45) is 22.6 Å². The molecule has 4 amide bonds. The van der Waals surface area contributed by atoms with E-state index in [2.05, 4.69) is 15.6 Å². The van der Waals surface area contributed by atoms with E-state index in [1.165, 1.54) is 9.21 Å². The molecular weight excluding hydrogens is 978 g/mol. The molecule has 4 heterocycles. The number of carboxylic acid groups (broad SMARTS) is 2. The predicted octanol–water partition coefficient (Wildman–Crippen LogP) is 6.03. The van der Waals surface area contributed by atoms with Crippen LogP contribution in [0.3, 0.4) is 0 Å². The van der Waals surface area contributed by atoms with Gasteiger partial charge in [-0.15, -0.1) is 11.3 Å². The van der Waals surface area contributed by atoms with E-state index in [9.17, 15) is 47.1 Å². The molecule has 0 aliphatic carbocycles. The fourth-order valence-corrected chi connectivity index (χ4v) is 12.6. The van der Waals surface area contributed by atoms with Crippen molar-refractivity contribution in [3.05, 3.63) is 93.3 Å². The minimum atomic E-state index is -3.81. The van der Waals surface area contributed by atoms with E-state index in [-0.39, 0.29) is 83.4 Å². The summed E-state index contributed by atoms with van der Waals surface area (Å²) in [4.78, 5) is 93.4. The number of carbonyl (C=O) groups is 7. The lowest BCUT2D eigenvalue weighted by Gasteiger charge is -2.43. The van der Waals surface area contributed by atoms with Gasteiger partial charge >= 0.3 is 11.9 Å². The molecule has 4 aromatic rings. The number of piperidine rings is 2. The van der Waals surface area contributed by atoms with Gasteiger partial charge in [0.1, 0.15) is 11.3 Å². The first-order valence-corrected chi connectivity index (χ1v) is 25.7. The Hall–Kier alpha value is -6.68. The van der Waals surface area contributed by atoms with Gasteiger partial charge in [-0.05, 0) is 111 Å². The standard InChI is InChI=1S/C49H54ClN7O12S2/c1-49(2)22-30(23-52-34-7-4-6-32(20-34)44-42(50)43(69-27-41(61)62)45(70-44)48(65)66)13-18-57(49)71(67,68)28-29-5-3-8-36(19-29)54-46(63)31-14-16-55(17-15-31)40(60)24-53-35-9-11-38-33(21-35)25-56(47(38)64)37(26-58)10-12-39(51)59/h3-9,11,19-21,23,26,30-31,37,53H,10,12-18,22,24-25,27-28H2,1-2H3,(H2,51,59)(H,54,63)(H,61,62)(H,65,66)/b52-23+. The van der Waals surface area contributed by atoms with Gasteiger partial charge in [0.25, 0.3) is 5.91 Å². The molecule has 0 saturated carbocycles. The van der Waals surface area contributed by atoms with Crippen molar-refractivity contribution < 1.29 is 56.9 Å². The quantitative estimate of drug-likeness (QED) is 0.0500. The maximum atomic E-state index is 14.0. The molecule has 1 aromatic heterocycles. The Balaban J connectivity index is 0.877. The Labute approximate surface area is 419 Å². The number of aliphatic carboxylic acids is 1. The predicted molar refractivity (Wildman–Crippen MR) is 267 cm³/mol. The van der Waals surface area contributed by atoms with Gasteiger partial charge in [0.15, 0.2) is 17.2 Å². The van der Waals surface area contributed by atoms with Crippen LogP contribution < -0.4 is 21.1 Å². The van der Waals surface area contributed by atoms with Crippen molar-refractivity contribution in [2.75, 3.05) is 43.4 Å². The van der Waals surface area contributed by atoms with Crippen LogP contribution in [-0.2, 0) is 46.3 Å². The summed E-state index contributed by atoms with van der Waals surface area (Å²) < 4.78 is 34.7. The zero-order valence-electron chi connectivity index (χ0n) is 39.0. The molecule has 2 atom stereocenters. The number of likely N-dealkylation sites (tertiary alicyclic amines) is 1. The Kier molecular flexibility index (Phi) is 16.3. The summed E-state index contributed by atoms with van der Waals surface area (Å²) in [6.45, 7) is 4.15. The maximum absolute atomic E-state index is 14.0. The van der Waals surface area contributed by atoms with Crippen LogP contribution in [0.4, 0.5) is 17.1 Å². The number of thiophene rings is 1. The molecule has 376 valence electrons. The number of primary amides is 1. The van der Waals surface area contributed by atoms with Crippen molar-refractivity contribution in [3.63, 3.8) is 0 Å². The number of aldehydes is 1. The summed E-state index contributed by atoms with van der Waals surface area (Å²) in [5, 5.41) is 24.7. The third-order valence-electron chi connectivity index (χ3n) is 12.7. The number of sulfonamides is 1. The fraction of sp³-hybridized carbons (Fsp3) is 0.388. The highest BCUT2D eigenvalue weighted by Gasteiger charge is 2.41. The van der Waals surface area contributed by atoms with Crippen LogP contribution in [0.2, 0.25) is 5.02 Å². The van der Waals surface area contributed by atoms with Crippen molar-refractivity contribution in [1.82, 2.24) is 14.1 Å². The number of amides is 4. The third-order valence-corrected chi connectivity index (χ3v) is 16.5. The molecule has 19 nitrogen and oxygen atoms in total. The van der Waals surface area contributed by atoms with E-state index >= 15 is 0 Å². The Morgan fingerprint density at radius 2 is 1.75 bits per heavy atom. The molecule has 22 heteroatoms. The largest absolute Gasteiger partial charge is 0.479 e. The minimum Gasteiger partial charge on any atom is -0.479 e. The van der Waals surface area contributed by atoms with E-state index in [4.69, 9.17) is 27.2 Å². The van der Waals surface area contributed by atoms with Crippen molar-refractivity contribution in [1.29, 1.82) is 0 Å². The molecule has 71 heavy (non-hydrogen) atoms. The highest BCUT2D eigenvalue weighted by molar-refractivity contribution is 7.88. The lowest BCUT2D eigenvalue weighted by Crippen LogP contribution is -2.53. The Morgan fingerprint density at radius 1 is 1.00 bits per heavy atom. The highest BCUT2D eigenvalue weighted by Crippen LogP contribution is 2.46. The number of nitrogens with one attached hydrogen (secondary N) is 2. The molecule has 3 aliphatic heterocycles. The number of anilines is 2. The molecule has 0 spiro atoms. The number of halogens is 1. The van der Waals surface area contributed by atoms with Gasteiger partial charge in [-0.25, -0.2) is 18.0 Å². The van der Waals surface area contributed by atoms with Gasteiger partial charge in [-0.1, -0.05) is 35.9 Å². The van der Waals surface area contributed by atoms with Crippen molar-refractivity contribution in [3.8, 4) is 16.2 Å². The number of nitrogens with two attached hydrogens (primary N) is 1. The Bertz CT molecular complexity index is 2880. The molecule has 0 radical (unpaired) electrons.